The standard InChI is InChI=1S/C12H26N2O/c1-3-12(15,4-2)10-14-7-5-11(9-13)6-8-14/h11,15H,3-10,13H2,1-2H3. The normalized spacial score (nSPS) is 20.8. The highest BCUT2D eigenvalue weighted by atomic mass is 16.3. The molecule has 0 aromatic carbocycles. The van der Waals surface area contributed by atoms with Crippen LogP contribution in [-0.4, -0.2) is 41.8 Å². The van der Waals surface area contributed by atoms with Crippen molar-refractivity contribution in [3.63, 3.8) is 0 Å². The van der Waals surface area contributed by atoms with Gasteiger partial charge >= 0.3 is 0 Å². The second-order valence-electron chi connectivity index (χ2n) is 4.89. The maximum Gasteiger partial charge on any atom is 0.0768 e. The molecule has 1 saturated heterocycles. The maximum absolute atomic E-state index is 10.2. The van der Waals surface area contributed by atoms with Crippen molar-refractivity contribution in [3.05, 3.63) is 0 Å². The minimum absolute atomic E-state index is 0.477. The van der Waals surface area contributed by atoms with E-state index in [9.17, 15) is 5.11 Å². The van der Waals surface area contributed by atoms with Crippen LogP contribution in [0.5, 0.6) is 0 Å². The Bertz CT molecular complexity index is 172. The third-order valence-corrected chi connectivity index (χ3v) is 3.87. The van der Waals surface area contributed by atoms with E-state index in [0.29, 0.717) is 5.92 Å². The molecule has 1 fully saturated rings. The lowest BCUT2D eigenvalue weighted by molar-refractivity contribution is -0.0112. The van der Waals surface area contributed by atoms with Crippen LogP contribution < -0.4 is 5.73 Å². The van der Waals surface area contributed by atoms with Crippen LogP contribution in [0.2, 0.25) is 0 Å². The van der Waals surface area contributed by atoms with Crippen LogP contribution >= 0.6 is 0 Å². The SMILES string of the molecule is CCC(O)(CC)CN1CCC(CN)CC1. The molecule has 90 valence electrons. The zero-order valence-corrected chi connectivity index (χ0v) is 10.2. The van der Waals surface area contributed by atoms with Crippen molar-refractivity contribution >= 4 is 0 Å². The summed E-state index contributed by atoms with van der Waals surface area (Å²) in [5.74, 6) is 0.706. The number of rotatable bonds is 5. The number of nitrogens with two attached hydrogens (primary N) is 1. The van der Waals surface area contributed by atoms with E-state index < -0.39 is 5.60 Å². The Morgan fingerprint density at radius 2 is 1.80 bits per heavy atom. The highest BCUT2D eigenvalue weighted by molar-refractivity contribution is 4.82. The lowest BCUT2D eigenvalue weighted by Gasteiger charge is -2.37. The van der Waals surface area contributed by atoms with Gasteiger partial charge in [0.2, 0.25) is 0 Å². The maximum atomic E-state index is 10.2. The van der Waals surface area contributed by atoms with Crippen molar-refractivity contribution in [2.45, 2.75) is 45.1 Å². The molecule has 1 heterocycles. The molecule has 1 rings (SSSR count). The number of hydrogen-bond donors (Lipinski definition) is 2. The van der Waals surface area contributed by atoms with Gasteiger partial charge in [-0.15, -0.1) is 0 Å². The molecule has 0 spiro atoms. The third kappa shape index (κ3) is 3.74. The molecule has 15 heavy (non-hydrogen) atoms. The molecular weight excluding hydrogens is 188 g/mol. The Hall–Kier alpha value is -0.120. The number of piperidine rings is 1. The summed E-state index contributed by atoms with van der Waals surface area (Å²) in [6.07, 6.45) is 4.08. The van der Waals surface area contributed by atoms with Crippen LogP contribution in [0.3, 0.4) is 0 Å². The van der Waals surface area contributed by atoms with Gasteiger partial charge in [0, 0.05) is 6.54 Å². The average molecular weight is 214 g/mol. The molecule has 0 bridgehead atoms. The molecule has 0 aromatic heterocycles. The Morgan fingerprint density at radius 1 is 1.27 bits per heavy atom. The third-order valence-electron chi connectivity index (χ3n) is 3.87. The summed E-state index contributed by atoms with van der Waals surface area (Å²) in [6.45, 7) is 7.98. The smallest absolute Gasteiger partial charge is 0.0768 e. The summed E-state index contributed by atoms with van der Waals surface area (Å²) in [5, 5.41) is 10.2. The molecule has 0 aromatic rings. The van der Waals surface area contributed by atoms with Crippen LogP contribution in [0, 0.1) is 5.92 Å². The topological polar surface area (TPSA) is 49.5 Å². The van der Waals surface area contributed by atoms with Gasteiger partial charge in [-0.25, -0.2) is 0 Å². The van der Waals surface area contributed by atoms with Gasteiger partial charge in [-0.2, -0.15) is 0 Å². The Labute approximate surface area is 93.6 Å². The first-order valence-corrected chi connectivity index (χ1v) is 6.28. The molecular formula is C12H26N2O. The number of nitrogens with zero attached hydrogens (tertiary/aromatic N) is 1. The van der Waals surface area contributed by atoms with Gasteiger partial charge in [-0.05, 0) is 51.2 Å². The van der Waals surface area contributed by atoms with E-state index in [4.69, 9.17) is 5.73 Å². The average Bonchev–Trinajstić information content (AvgIpc) is 2.30. The quantitative estimate of drug-likeness (QED) is 0.723. The van der Waals surface area contributed by atoms with E-state index >= 15 is 0 Å². The summed E-state index contributed by atoms with van der Waals surface area (Å²) < 4.78 is 0. The zero-order chi connectivity index (χ0) is 11.3. The van der Waals surface area contributed by atoms with E-state index in [2.05, 4.69) is 18.7 Å². The van der Waals surface area contributed by atoms with Crippen LogP contribution in [-0.2, 0) is 0 Å². The van der Waals surface area contributed by atoms with Gasteiger partial charge in [-0.3, -0.25) is 0 Å². The Kier molecular flexibility index (Phi) is 5.03. The molecule has 0 radical (unpaired) electrons. The first kappa shape index (κ1) is 12.9. The fourth-order valence-electron chi connectivity index (χ4n) is 2.27. The zero-order valence-electron chi connectivity index (χ0n) is 10.2. The molecule has 1 aliphatic heterocycles. The van der Waals surface area contributed by atoms with Crippen LogP contribution in [0.4, 0.5) is 0 Å². The van der Waals surface area contributed by atoms with Gasteiger partial charge in [0.25, 0.3) is 0 Å². The molecule has 3 N–H and O–H groups in total. The fourth-order valence-corrected chi connectivity index (χ4v) is 2.27. The number of β-amino-alcohol motifs (C(OH)–C–C–N with tert-alkyl or cyclic N) is 1. The first-order chi connectivity index (χ1) is 7.13. The van der Waals surface area contributed by atoms with Crippen molar-refractivity contribution in [3.8, 4) is 0 Å². The second kappa shape index (κ2) is 5.83. The number of hydrogen-bond acceptors (Lipinski definition) is 3. The summed E-state index contributed by atoms with van der Waals surface area (Å²) >= 11 is 0. The van der Waals surface area contributed by atoms with Crippen molar-refractivity contribution in [2.75, 3.05) is 26.2 Å². The predicted octanol–water partition coefficient (Wildman–Crippen LogP) is 1.21. The minimum Gasteiger partial charge on any atom is -0.389 e. The van der Waals surface area contributed by atoms with E-state index in [-0.39, 0.29) is 0 Å². The van der Waals surface area contributed by atoms with Gasteiger partial charge in [-0.1, -0.05) is 13.8 Å². The van der Waals surface area contributed by atoms with Crippen molar-refractivity contribution < 1.29 is 5.11 Å². The highest BCUT2D eigenvalue weighted by Crippen LogP contribution is 2.21. The first-order valence-electron chi connectivity index (χ1n) is 6.28. The molecule has 3 nitrogen and oxygen atoms in total. The van der Waals surface area contributed by atoms with Crippen molar-refractivity contribution in [1.29, 1.82) is 0 Å². The monoisotopic (exact) mass is 214 g/mol. The van der Waals surface area contributed by atoms with Gasteiger partial charge in [0.15, 0.2) is 0 Å². The Balaban J connectivity index is 2.34. The van der Waals surface area contributed by atoms with Crippen LogP contribution in [0.25, 0.3) is 0 Å². The van der Waals surface area contributed by atoms with Crippen LogP contribution in [0.1, 0.15) is 39.5 Å². The predicted molar refractivity (Wildman–Crippen MR) is 63.8 cm³/mol. The molecule has 0 unspecified atom stereocenters. The molecule has 0 amide bonds. The molecule has 0 aliphatic carbocycles. The van der Waals surface area contributed by atoms with Gasteiger partial charge in [0.05, 0.1) is 5.60 Å². The van der Waals surface area contributed by atoms with Crippen LogP contribution in [0.15, 0.2) is 0 Å². The minimum atomic E-state index is -0.477. The summed E-state index contributed by atoms with van der Waals surface area (Å²) in [7, 11) is 0. The number of aliphatic hydroxyl groups is 1. The molecule has 3 heteroatoms. The van der Waals surface area contributed by atoms with E-state index in [1.165, 1.54) is 12.8 Å². The lowest BCUT2D eigenvalue weighted by Crippen LogP contribution is -2.46. The van der Waals surface area contributed by atoms with E-state index in [0.717, 1.165) is 39.0 Å². The van der Waals surface area contributed by atoms with E-state index in [1.54, 1.807) is 0 Å². The van der Waals surface area contributed by atoms with Crippen molar-refractivity contribution in [2.24, 2.45) is 11.7 Å². The lowest BCUT2D eigenvalue weighted by atomic mass is 9.93. The molecule has 0 saturated carbocycles. The molecule has 0 atom stereocenters. The van der Waals surface area contributed by atoms with Gasteiger partial charge in [0.1, 0.15) is 0 Å². The fraction of sp³-hybridized carbons (Fsp3) is 1.00. The number of likely N-dealkylation sites (tertiary alicyclic amines) is 1. The summed E-state index contributed by atoms with van der Waals surface area (Å²) in [6, 6.07) is 0. The second-order valence-corrected chi connectivity index (χ2v) is 4.89. The van der Waals surface area contributed by atoms with Gasteiger partial charge < -0.3 is 15.7 Å². The van der Waals surface area contributed by atoms with E-state index in [1.807, 2.05) is 0 Å². The molecule has 1 aliphatic rings. The largest absolute Gasteiger partial charge is 0.389 e. The van der Waals surface area contributed by atoms with Crippen molar-refractivity contribution in [1.82, 2.24) is 4.90 Å². The summed E-state index contributed by atoms with van der Waals surface area (Å²) in [5.41, 5.74) is 5.18. The summed E-state index contributed by atoms with van der Waals surface area (Å²) in [4.78, 5) is 2.39. The Morgan fingerprint density at radius 3 is 2.20 bits per heavy atom. The highest BCUT2D eigenvalue weighted by Gasteiger charge is 2.27.